The van der Waals surface area contributed by atoms with Crippen LogP contribution in [0.5, 0.6) is 0 Å². The van der Waals surface area contributed by atoms with Gasteiger partial charge in [-0.05, 0) is 43.4 Å². The minimum atomic E-state index is -4.95. The van der Waals surface area contributed by atoms with Crippen molar-refractivity contribution in [3.8, 4) is 0 Å². The number of phosphoric acid groups is 2. The first-order valence-electron chi connectivity index (χ1n) is 36.9. The topological polar surface area (TPSA) is 237 Å². The van der Waals surface area contributed by atoms with Crippen molar-refractivity contribution >= 4 is 39.5 Å². The van der Waals surface area contributed by atoms with Gasteiger partial charge in [0.05, 0.1) is 26.4 Å². The second-order valence-electron chi connectivity index (χ2n) is 26.6. The van der Waals surface area contributed by atoms with Crippen LogP contribution >= 0.6 is 15.6 Å². The van der Waals surface area contributed by atoms with Crippen molar-refractivity contribution in [3.63, 3.8) is 0 Å². The zero-order chi connectivity index (χ0) is 66.6. The summed E-state index contributed by atoms with van der Waals surface area (Å²) in [6, 6.07) is 0. The minimum absolute atomic E-state index is 0.104. The lowest BCUT2D eigenvalue weighted by molar-refractivity contribution is -0.161. The molecule has 0 amide bonds. The first-order chi connectivity index (χ1) is 43.3. The van der Waals surface area contributed by atoms with E-state index in [4.69, 9.17) is 37.0 Å². The van der Waals surface area contributed by atoms with E-state index >= 15 is 0 Å². The van der Waals surface area contributed by atoms with Gasteiger partial charge in [-0.3, -0.25) is 37.3 Å². The number of carbonyl (C=O) groups is 4. The summed E-state index contributed by atoms with van der Waals surface area (Å²) in [4.78, 5) is 72.4. The zero-order valence-electron chi connectivity index (χ0n) is 58.6. The quantitative estimate of drug-likeness (QED) is 0.0222. The summed E-state index contributed by atoms with van der Waals surface area (Å²) in [5.74, 6) is 0.243. The van der Waals surface area contributed by atoms with Crippen molar-refractivity contribution in [2.45, 2.75) is 375 Å². The van der Waals surface area contributed by atoms with Crippen LogP contribution in [0.25, 0.3) is 0 Å². The lowest BCUT2D eigenvalue weighted by Crippen LogP contribution is -2.30. The summed E-state index contributed by atoms with van der Waals surface area (Å²) in [5, 5.41) is 10.6. The molecule has 0 bridgehead atoms. The Kier molecular flexibility index (Phi) is 60.6. The van der Waals surface area contributed by atoms with E-state index in [-0.39, 0.29) is 25.7 Å². The van der Waals surface area contributed by atoms with E-state index in [1.807, 2.05) is 0 Å². The molecule has 17 nitrogen and oxygen atoms in total. The molecule has 19 heteroatoms. The van der Waals surface area contributed by atoms with E-state index in [0.717, 1.165) is 120 Å². The van der Waals surface area contributed by atoms with Gasteiger partial charge < -0.3 is 33.8 Å². The fourth-order valence-electron chi connectivity index (χ4n) is 10.7. The summed E-state index contributed by atoms with van der Waals surface area (Å²) in [7, 11) is -9.90. The fourth-order valence-corrected chi connectivity index (χ4v) is 12.2. The molecule has 0 aliphatic carbocycles. The van der Waals surface area contributed by atoms with Crippen LogP contribution in [0.1, 0.15) is 357 Å². The molecule has 0 saturated heterocycles. The third-order valence-electron chi connectivity index (χ3n) is 17.1. The number of unbranched alkanes of at least 4 members (excludes halogenated alkanes) is 35. The molecule has 0 heterocycles. The van der Waals surface area contributed by atoms with Crippen LogP contribution < -0.4 is 0 Å². The Labute approximate surface area is 549 Å². The molecule has 0 spiro atoms. The molecule has 0 saturated carbocycles. The Hall–Kier alpha value is -1.94. The number of phosphoric ester groups is 2. The Morgan fingerprint density at radius 2 is 0.567 bits per heavy atom. The van der Waals surface area contributed by atoms with Gasteiger partial charge in [0, 0.05) is 25.7 Å². The molecule has 534 valence electrons. The summed E-state index contributed by atoms with van der Waals surface area (Å²) in [6.45, 7) is 11.9. The van der Waals surface area contributed by atoms with Crippen LogP contribution in [0.4, 0.5) is 0 Å². The minimum Gasteiger partial charge on any atom is -0.462 e. The van der Waals surface area contributed by atoms with Crippen molar-refractivity contribution < 1.29 is 80.2 Å². The van der Waals surface area contributed by atoms with Gasteiger partial charge in [-0.15, -0.1) is 0 Å². The number of hydrogen-bond donors (Lipinski definition) is 3. The van der Waals surface area contributed by atoms with Crippen molar-refractivity contribution in [2.75, 3.05) is 39.6 Å². The molecule has 0 aliphatic rings. The molecule has 90 heavy (non-hydrogen) atoms. The van der Waals surface area contributed by atoms with E-state index in [1.54, 1.807) is 0 Å². The maximum absolute atomic E-state index is 13.0. The SMILES string of the molecule is CCCCCCCCCC(=O)OC[C@H](COP(=O)(O)OC[C@H](O)COP(=O)(O)OC[C@@H](COC(=O)CCCCCCCCCCCCC(C)CC)OC(=O)CCCCCCCCCCCCCCCCC(C)CC)OC(=O)CCCCCCCCCCC(C)C. The first kappa shape index (κ1) is 88.1. The second-order valence-corrected chi connectivity index (χ2v) is 29.5. The van der Waals surface area contributed by atoms with Gasteiger partial charge in [-0.1, -0.05) is 305 Å². The average Bonchev–Trinajstić information content (AvgIpc) is 2.43. The maximum atomic E-state index is 13.0. The molecule has 0 aromatic carbocycles. The van der Waals surface area contributed by atoms with E-state index in [2.05, 4.69) is 48.5 Å². The fraction of sp³-hybridized carbons (Fsp3) is 0.944. The predicted molar refractivity (Wildman–Crippen MR) is 363 cm³/mol. The highest BCUT2D eigenvalue weighted by Gasteiger charge is 2.30. The van der Waals surface area contributed by atoms with Crippen molar-refractivity contribution in [3.05, 3.63) is 0 Å². The monoisotopic (exact) mass is 1320 g/mol. The summed E-state index contributed by atoms with van der Waals surface area (Å²) in [5.41, 5.74) is 0. The molecular formula is C71H138O17P2. The Morgan fingerprint density at radius 1 is 0.322 bits per heavy atom. The van der Waals surface area contributed by atoms with Crippen molar-refractivity contribution in [1.29, 1.82) is 0 Å². The molecule has 4 unspecified atom stereocenters. The van der Waals surface area contributed by atoms with Crippen LogP contribution in [0.2, 0.25) is 0 Å². The van der Waals surface area contributed by atoms with Gasteiger partial charge in [0.2, 0.25) is 0 Å². The molecule has 7 atom stereocenters. The molecule has 0 aromatic heterocycles. The third kappa shape index (κ3) is 62.2. The Morgan fingerprint density at radius 3 is 0.844 bits per heavy atom. The molecular weight excluding hydrogens is 1190 g/mol. The van der Waals surface area contributed by atoms with E-state index in [1.165, 1.54) is 154 Å². The highest BCUT2D eigenvalue weighted by molar-refractivity contribution is 7.47. The van der Waals surface area contributed by atoms with Crippen LogP contribution in [0, 0.1) is 17.8 Å². The predicted octanol–water partition coefficient (Wildman–Crippen LogP) is 20.2. The largest absolute Gasteiger partial charge is 0.472 e. The molecule has 0 fully saturated rings. The van der Waals surface area contributed by atoms with Gasteiger partial charge >= 0.3 is 39.5 Å². The van der Waals surface area contributed by atoms with E-state index in [0.29, 0.717) is 25.7 Å². The van der Waals surface area contributed by atoms with E-state index < -0.39 is 97.5 Å². The lowest BCUT2D eigenvalue weighted by atomic mass is 9.99. The smallest absolute Gasteiger partial charge is 0.462 e. The molecule has 0 aromatic rings. The highest BCUT2D eigenvalue weighted by atomic mass is 31.2. The number of rotatable bonds is 69. The van der Waals surface area contributed by atoms with Crippen LogP contribution in [-0.2, 0) is 65.4 Å². The van der Waals surface area contributed by atoms with E-state index in [9.17, 15) is 43.2 Å². The normalized spacial score (nSPS) is 14.8. The van der Waals surface area contributed by atoms with Gasteiger partial charge in [-0.25, -0.2) is 9.13 Å². The molecule has 3 N–H and O–H groups in total. The molecule has 0 radical (unpaired) electrons. The van der Waals surface area contributed by atoms with Gasteiger partial charge in [-0.2, -0.15) is 0 Å². The summed E-state index contributed by atoms with van der Waals surface area (Å²) < 4.78 is 68.2. The van der Waals surface area contributed by atoms with Gasteiger partial charge in [0.25, 0.3) is 0 Å². The third-order valence-corrected chi connectivity index (χ3v) is 19.0. The van der Waals surface area contributed by atoms with Crippen molar-refractivity contribution in [1.82, 2.24) is 0 Å². The number of aliphatic hydroxyl groups is 1. The molecule has 0 rings (SSSR count). The second kappa shape index (κ2) is 61.9. The number of hydrogen-bond acceptors (Lipinski definition) is 15. The summed E-state index contributed by atoms with van der Waals surface area (Å²) >= 11 is 0. The number of esters is 4. The first-order valence-corrected chi connectivity index (χ1v) is 39.9. The Bertz CT molecular complexity index is 1770. The molecule has 0 aliphatic heterocycles. The van der Waals surface area contributed by atoms with Crippen LogP contribution in [-0.4, -0.2) is 96.7 Å². The Balaban J connectivity index is 5.21. The van der Waals surface area contributed by atoms with Gasteiger partial charge in [0.15, 0.2) is 12.2 Å². The highest BCUT2D eigenvalue weighted by Crippen LogP contribution is 2.45. The van der Waals surface area contributed by atoms with Crippen LogP contribution in [0.15, 0.2) is 0 Å². The zero-order valence-corrected chi connectivity index (χ0v) is 60.4. The number of aliphatic hydroxyl groups excluding tert-OH is 1. The lowest BCUT2D eigenvalue weighted by Gasteiger charge is -2.21. The average molecular weight is 1330 g/mol. The maximum Gasteiger partial charge on any atom is 0.472 e. The van der Waals surface area contributed by atoms with Crippen molar-refractivity contribution in [2.24, 2.45) is 17.8 Å². The van der Waals surface area contributed by atoms with Gasteiger partial charge in [0.1, 0.15) is 19.3 Å². The number of carbonyl (C=O) groups excluding carboxylic acids is 4. The number of ether oxygens (including phenoxy) is 4. The standard InChI is InChI=1S/C71H138O17P2/c1-8-11-12-13-28-38-45-52-68(73)81-58-66(88-71(76)55-48-41-34-27-26-29-35-42-49-62(4)5)60-85-89(77,78)83-56-65(72)57-84-90(79,80)86-61-67(59-82-69(74)53-46-39-32-24-21-20-23-31-37-44-51-64(7)10-3)87-70(75)54-47-40-33-25-19-17-15-14-16-18-22-30-36-43-50-63(6)9-2/h62-67,72H,8-61H2,1-7H3,(H,77,78)(H,79,80)/t63?,64?,65-,66+,67+/m0/s1. The van der Waals surface area contributed by atoms with Crippen LogP contribution in [0.3, 0.4) is 0 Å². The summed E-state index contributed by atoms with van der Waals surface area (Å²) in [6.07, 6.45) is 45.8.